The highest BCUT2D eigenvalue weighted by atomic mass is 16.3. The van der Waals surface area contributed by atoms with Gasteiger partial charge in [-0.15, -0.1) is 0 Å². The zero-order valence-corrected chi connectivity index (χ0v) is 11.1. The molecule has 0 saturated carbocycles. The number of rotatable bonds is 3. The average molecular weight is 259 g/mol. The Morgan fingerprint density at radius 1 is 0.650 bits per heavy atom. The van der Waals surface area contributed by atoms with E-state index in [4.69, 9.17) is 4.42 Å². The van der Waals surface area contributed by atoms with Gasteiger partial charge in [-0.1, -0.05) is 43.0 Å². The van der Waals surface area contributed by atoms with Crippen molar-refractivity contribution in [3.05, 3.63) is 84.9 Å². The molecule has 2 aromatic carbocycles. The van der Waals surface area contributed by atoms with Gasteiger partial charge in [-0.3, -0.25) is 0 Å². The van der Waals surface area contributed by atoms with Crippen LogP contribution < -0.4 is 0 Å². The van der Waals surface area contributed by atoms with Crippen molar-refractivity contribution in [3.63, 3.8) is 0 Å². The number of hydrogen-bond acceptors (Lipinski definition) is 0. The van der Waals surface area contributed by atoms with Crippen molar-refractivity contribution in [2.45, 2.75) is 0 Å². The van der Waals surface area contributed by atoms with Gasteiger partial charge in [0, 0.05) is 12.1 Å². The minimum absolute atomic E-state index is 0.863. The van der Waals surface area contributed by atoms with Gasteiger partial charge in [0.1, 0.15) is 0 Å². The first-order chi connectivity index (χ1) is 9.86. The quantitative estimate of drug-likeness (QED) is 0.562. The minimum Gasteiger partial charge on any atom is -0.207 e. The number of hydrogen-bond donors (Lipinski definition) is 0. The molecule has 1 aromatic heterocycles. The lowest BCUT2D eigenvalue weighted by Crippen LogP contribution is -1.81. The van der Waals surface area contributed by atoms with E-state index in [0.717, 1.165) is 28.2 Å². The summed E-state index contributed by atoms with van der Waals surface area (Å²) < 4.78 is 6.00. The summed E-state index contributed by atoms with van der Waals surface area (Å²) in [6.45, 7) is 3.76. The first kappa shape index (κ1) is 12.4. The van der Waals surface area contributed by atoms with Crippen LogP contribution in [0, 0.1) is 0 Å². The Kier molecular flexibility index (Phi) is 3.42. The Morgan fingerprint density at radius 3 is 1.85 bits per heavy atom. The maximum atomic E-state index is 6.00. The molecule has 3 aromatic rings. The minimum atomic E-state index is 0.863. The molecule has 0 atom stereocenters. The first-order valence-electron chi connectivity index (χ1n) is 6.58. The molecule has 0 amide bonds. The van der Waals surface area contributed by atoms with Crippen molar-refractivity contribution >= 4 is 6.08 Å². The predicted molar refractivity (Wildman–Crippen MR) is 84.1 cm³/mol. The molecule has 0 fully saturated rings. The maximum Gasteiger partial charge on any atom is 0.360 e. The highest BCUT2D eigenvalue weighted by molar-refractivity contribution is 5.64. The van der Waals surface area contributed by atoms with Crippen LogP contribution in [0.25, 0.3) is 28.7 Å². The van der Waals surface area contributed by atoms with E-state index in [1.54, 1.807) is 0 Å². The van der Waals surface area contributed by atoms with Crippen LogP contribution in [0.3, 0.4) is 0 Å². The fourth-order valence-electron chi connectivity index (χ4n) is 2.11. The van der Waals surface area contributed by atoms with Crippen LogP contribution in [0.2, 0.25) is 0 Å². The Hall–Kier alpha value is -2.67. The van der Waals surface area contributed by atoms with Crippen molar-refractivity contribution in [2.75, 3.05) is 0 Å². The molecule has 0 spiro atoms. The van der Waals surface area contributed by atoms with Gasteiger partial charge in [0.05, 0.1) is 11.1 Å². The molecule has 96 valence electrons. The van der Waals surface area contributed by atoms with Crippen molar-refractivity contribution in [2.24, 2.45) is 0 Å². The van der Waals surface area contributed by atoms with E-state index in [2.05, 4.69) is 6.58 Å². The monoisotopic (exact) mass is 259 g/mol. The second kappa shape index (κ2) is 5.54. The Morgan fingerprint density at radius 2 is 1.25 bits per heavy atom. The van der Waals surface area contributed by atoms with E-state index in [1.165, 1.54) is 0 Å². The number of benzene rings is 2. The fraction of sp³-hybridized carbons (Fsp3) is 0. The van der Waals surface area contributed by atoms with Crippen molar-refractivity contribution in [1.29, 1.82) is 0 Å². The average Bonchev–Trinajstić information content (AvgIpc) is 2.56. The summed E-state index contributed by atoms with van der Waals surface area (Å²) >= 11 is 0. The van der Waals surface area contributed by atoms with Crippen molar-refractivity contribution in [3.8, 4) is 22.6 Å². The van der Waals surface area contributed by atoms with Crippen LogP contribution in [0.5, 0.6) is 0 Å². The topological polar surface area (TPSA) is 11.3 Å². The SMILES string of the molecule is C=Cc1ccc(-c2cccc(-c3ccccc3)[o+]2)cc1. The van der Waals surface area contributed by atoms with E-state index in [1.807, 2.05) is 78.9 Å². The van der Waals surface area contributed by atoms with E-state index in [0.29, 0.717) is 0 Å². The molecule has 0 aliphatic heterocycles. The molecular weight excluding hydrogens is 244 g/mol. The van der Waals surface area contributed by atoms with Gasteiger partial charge in [0.25, 0.3) is 0 Å². The third kappa shape index (κ3) is 2.52. The first-order valence-corrected chi connectivity index (χ1v) is 6.58. The molecule has 3 rings (SSSR count). The van der Waals surface area contributed by atoms with E-state index < -0.39 is 0 Å². The summed E-state index contributed by atoms with van der Waals surface area (Å²) in [5.41, 5.74) is 3.25. The molecule has 0 aliphatic carbocycles. The Labute approximate surface area is 118 Å². The third-order valence-corrected chi connectivity index (χ3v) is 3.20. The zero-order valence-electron chi connectivity index (χ0n) is 11.1. The highest BCUT2D eigenvalue weighted by Gasteiger charge is 2.15. The van der Waals surface area contributed by atoms with Crippen LogP contribution in [0.15, 0.2) is 83.8 Å². The molecular formula is C19H15O+. The summed E-state index contributed by atoms with van der Waals surface area (Å²) in [5.74, 6) is 1.73. The van der Waals surface area contributed by atoms with Crippen LogP contribution >= 0.6 is 0 Å². The van der Waals surface area contributed by atoms with Gasteiger partial charge >= 0.3 is 11.5 Å². The highest BCUT2D eigenvalue weighted by Crippen LogP contribution is 2.26. The van der Waals surface area contributed by atoms with Gasteiger partial charge in [-0.2, -0.15) is 0 Å². The Balaban J connectivity index is 2.00. The molecule has 0 N–H and O–H groups in total. The molecule has 0 bridgehead atoms. The summed E-state index contributed by atoms with van der Waals surface area (Å²) in [7, 11) is 0. The molecule has 1 nitrogen and oxygen atoms in total. The lowest BCUT2D eigenvalue weighted by molar-refractivity contribution is 0.582. The Bertz CT molecular complexity index is 712. The standard InChI is InChI=1S/C19H15O/c1-2-15-11-13-17(14-12-15)19-10-6-9-18(20-19)16-7-4-3-5-8-16/h2-14H,1H2/q+1. The van der Waals surface area contributed by atoms with E-state index in [9.17, 15) is 0 Å². The molecule has 0 unspecified atom stereocenters. The molecule has 1 heterocycles. The summed E-state index contributed by atoms with van der Waals surface area (Å²) in [6.07, 6.45) is 1.83. The van der Waals surface area contributed by atoms with Gasteiger partial charge in [0.15, 0.2) is 0 Å². The smallest absolute Gasteiger partial charge is 0.207 e. The van der Waals surface area contributed by atoms with Crippen LogP contribution in [0.4, 0.5) is 0 Å². The lowest BCUT2D eigenvalue weighted by atomic mass is 10.1. The zero-order chi connectivity index (χ0) is 13.8. The van der Waals surface area contributed by atoms with E-state index >= 15 is 0 Å². The fourth-order valence-corrected chi connectivity index (χ4v) is 2.11. The molecule has 0 radical (unpaired) electrons. The molecule has 20 heavy (non-hydrogen) atoms. The van der Waals surface area contributed by atoms with Gasteiger partial charge < -0.3 is 0 Å². The summed E-state index contributed by atoms with van der Waals surface area (Å²) in [5, 5.41) is 0. The lowest BCUT2D eigenvalue weighted by Gasteiger charge is -1.96. The summed E-state index contributed by atoms with van der Waals surface area (Å²) in [6, 6.07) is 24.3. The van der Waals surface area contributed by atoms with E-state index in [-0.39, 0.29) is 0 Å². The maximum absolute atomic E-state index is 6.00. The predicted octanol–water partition coefficient (Wildman–Crippen LogP) is 5.54. The van der Waals surface area contributed by atoms with Crippen LogP contribution in [-0.4, -0.2) is 0 Å². The molecule has 0 aliphatic rings. The normalized spacial score (nSPS) is 10.2. The third-order valence-electron chi connectivity index (χ3n) is 3.20. The second-order valence-electron chi connectivity index (χ2n) is 4.55. The molecule has 0 saturated heterocycles. The van der Waals surface area contributed by atoms with Crippen LogP contribution in [-0.2, 0) is 0 Å². The van der Waals surface area contributed by atoms with Crippen molar-refractivity contribution in [1.82, 2.24) is 0 Å². The largest absolute Gasteiger partial charge is 0.360 e. The van der Waals surface area contributed by atoms with Crippen LogP contribution in [0.1, 0.15) is 5.56 Å². The van der Waals surface area contributed by atoms with Gasteiger partial charge in [-0.05, 0) is 35.9 Å². The van der Waals surface area contributed by atoms with Gasteiger partial charge in [0.2, 0.25) is 0 Å². The van der Waals surface area contributed by atoms with Crippen molar-refractivity contribution < 1.29 is 4.42 Å². The summed E-state index contributed by atoms with van der Waals surface area (Å²) in [4.78, 5) is 0. The second-order valence-corrected chi connectivity index (χ2v) is 4.55. The molecule has 1 heteroatoms. The van der Waals surface area contributed by atoms with Gasteiger partial charge in [-0.25, -0.2) is 4.42 Å².